The van der Waals surface area contributed by atoms with E-state index in [1.807, 2.05) is 48.4 Å². The van der Waals surface area contributed by atoms with Gasteiger partial charge in [-0.15, -0.1) is 0 Å². The van der Waals surface area contributed by atoms with Crippen LogP contribution in [0.2, 0.25) is 0 Å². The Hall–Kier alpha value is -4.05. The molecule has 0 saturated carbocycles. The van der Waals surface area contributed by atoms with Crippen molar-refractivity contribution in [2.45, 2.75) is 45.7 Å². The molecule has 7 heteroatoms. The molecule has 4 rings (SSSR count). The van der Waals surface area contributed by atoms with Crippen LogP contribution >= 0.6 is 0 Å². The fourth-order valence-corrected chi connectivity index (χ4v) is 5.47. The number of piperazine rings is 1. The number of nitrogens with one attached hydrogen (secondary N) is 1. The van der Waals surface area contributed by atoms with Crippen molar-refractivity contribution in [2.24, 2.45) is 0 Å². The number of aryl methyl sites for hydroxylation is 2. The van der Waals surface area contributed by atoms with Gasteiger partial charge in [0, 0.05) is 62.3 Å². The third kappa shape index (κ3) is 5.91. The molecule has 0 bridgehead atoms. The zero-order valence-electron chi connectivity index (χ0n) is 22.8. The maximum atomic E-state index is 13.6. The van der Waals surface area contributed by atoms with Gasteiger partial charge in [-0.1, -0.05) is 31.4 Å². The van der Waals surface area contributed by atoms with Crippen LogP contribution in [0.25, 0.3) is 0 Å². The molecule has 1 amide bonds. The quantitative estimate of drug-likeness (QED) is 0.414. The number of amides is 1. The molecular weight excluding hydrogens is 472 g/mol. The van der Waals surface area contributed by atoms with E-state index in [0.29, 0.717) is 18.7 Å². The maximum absolute atomic E-state index is 13.6. The van der Waals surface area contributed by atoms with Gasteiger partial charge in [-0.2, -0.15) is 5.26 Å². The lowest BCUT2D eigenvalue weighted by Crippen LogP contribution is -2.54. The first-order valence-electron chi connectivity index (χ1n) is 13.3. The Balaban J connectivity index is 1.42. The first-order valence-corrected chi connectivity index (χ1v) is 13.3. The minimum absolute atomic E-state index is 0.0853. The van der Waals surface area contributed by atoms with Gasteiger partial charge in [-0.25, -0.2) is 4.98 Å². The number of benzene rings is 1. The van der Waals surface area contributed by atoms with E-state index in [-0.39, 0.29) is 18.0 Å². The highest BCUT2D eigenvalue weighted by atomic mass is 16.2. The van der Waals surface area contributed by atoms with Gasteiger partial charge in [0.25, 0.3) is 5.91 Å². The molecule has 0 radical (unpaired) electrons. The summed E-state index contributed by atoms with van der Waals surface area (Å²) in [5.74, 6) is 1.04. The maximum Gasteiger partial charge on any atom is 0.254 e. The monoisotopic (exact) mass is 510 g/mol. The largest absolute Gasteiger partial charge is 0.382 e. The average molecular weight is 511 g/mol. The fraction of sp³-hybridized carbons (Fsp3) is 0.387. The standard InChI is InChI=1S/C31H38N6O/c1-6-9-29(24(4)20-32)35-14-11-26(12-15-35)34-28-19-27(22(2)18-23(28)3)31(38)36-16-17-37(25(5)21-36)30-10-7-8-13-33-30/h6-10,13,18-19,25-26,34H,1,4,11-12,14-17,21H2,2-3,5H3/b29-9+/t25-/m1/s1. The predicted molar refractivity (Wildman–Crippen MR) is 154 cm³/mol. The number of allylic oxidation sites excluding steroid dienone is 3. The Labute approximate surface area is 226 Å². The summed E-state index contributed by atoms with van der Waals surface area (Å²) in [5.41, 5.74) is 5.22. The number of hydrogen-bond acceptors (Lipinski definition) is 6. The number of carbonyl (C=O) groups excluding carboxylic acids is 1. The molecule has 1 aromatic carbocycles. The molecular formula is C31H38N6O. The number of pyridine rings is 1. The third-order valence-corrected chi connectivity index (χ3v) is 7.58. The van der Waals surface area contributed by atoms with Crippen molar-refractivity contribution in [1.82, 2.24) is 14.8 Å². The second kappa shape index (κ2) is 12.0. The normalized spacial score (nSPS) is 18.6. The summed E-state index contributed by atoms with van der Waals surface area (Å²) in [6, 6.07) is 12.7. The first-order chi connectivity index (χ1) is 18.3. The van der Waals surface area contributed by atoms with E-state index in [4.69, 9.17) is 0 Å². The molecule has 38 heavy (non-hydrogen) atoms. The highest BCUT2D eigenvalue weighted by molar-refractivity contribution is 5.97. The Bertz CT molecular complexity index is 1250. The number of nitriles is 1. The molecule has 2 aromatic rings. The van der Waals surface area contributed by atoms with Crippen LogP contribution in [-0.2, 0) is 0 Å². The van der Waals surface area contributed by atoms with Crippen LogP contribution < -0.4 is 10.2 Å². The van der Waals surface area contributed by atoms with Crippen molar-refractivity contribution < 1.29 is 4.79 Å². The second-order valence-electron chi connectivity index (χ2n) is 10.2. The van der Waals surface area contributed by atoms with E-state index in [1.165, 1.54) is 0 Å². The second-order valence-corrected chi connectivity index (χ2v) is 10.2. The molecule has 7 nitrogen and oxygen atoms in total. The summed E-state index contributed by atoms with van der Waals surface area (Å²) in [4.78, 5) is 24.6. The van der Waals surface area contributed by atoms with E-state index in [2.05, 4.69) is 59.2 Å². The molecule has 2 fully saturated rings. The van der Waals surface area contributed by atoms with Gasteiger partial charge >= 0.3 is 0 Å². The lowest BCUT2D eigenvalue weighted by atomic mass is 9.99. The van der Waals surface area contributed by atoms with Gasteiger partial charge in [-0.3, -0.25) is 4.79 Å². The van der Waals surface area contributed by atoms with Crippen molar-refractivity contribution in [3.63, 3.8) is 0 Å². The summed E-state index contributed by atoms with van der Waals surface area (Å²) in [5, 5.41) is 13.0. The van der Waals surface area contributed by atoms with Crippen LogP contribution in [0, 0.1) is 25.2 Å². The summed E-state index contributed by atoms with van der Waals surface area (Å²) in [6.45, 7) is 17.7. The van der Waals surface area contributed by atoms with Gasteiger partial charge in [0.15, 0.2) is 0 Å². The third-order valence-electron chi connectivity index (χ3n) is 7.58. The molecule has 3 heterocycles. The van der Waals surface area contributed by atoms with Crippen molar-refractivity contribution in [2.75, 3.05) is 42.9 Å². The first kappa shape index (κ1) is 27.0. The molecule has 1 N–H and O–H groups in total. The summed E-state index contributed by atoms with van der Waals surface area (Å²) in [7, 11) is 0. The smallest absolute Gasteiger partial charge is 0.254 e. The lowest BCUT2D eigenvalue weighted by Gasteiger charge is -2.40. The number of anilines is 2. The zero-order valence-corrected chi connectivity index (χ0v) is 22.8. The van der Waals surface area contributed by atoms with Gasteiger partial charge < -0.3 is 20.0 Å². The molecule has 0 aliphatic carbocycles. The number of carbonyl (C=O) groups is 1. The van der Waals surface area contributed by atoms with E-state index in [0.717, 1.165) is 66.4 Å². The van der Waals surface area contributed by atoms with Crippen LogP contribution in [0.1, 0.15) is 41.3 Å². The van der Waals surface area contributed by atoms with E-state index >= 15 is 0 Å². The average Bonchev–Trinajstić information content (AvgIpc) is 2.93. The van der Waals surface area contributed by atoms with Gasteiger partial charge in [0.1, 0.15) is 11.9 Å². The molecule has 198 valence electrons. The topological polar surface area (TPSA) is 75.5 Å². The number of likely N-dealkylation sites (tertiary alicyclic amines) is 1. The number of nitrogens with zero attached hydrogens (tertiary/aromatic N) is 5. The molecule has 0 spiro atoms. The summed E-state index contributed by atoms with van der Waals surface area (Å²) >= 11 is 0. The molecule has 0 unspecified atom stereocenters. The van der Waals surface area contributed by atoms with Gasteiger partial charge in [0.05, 0.1) is 11.3 Å². The Kier molecular flexibility index (Phi) is 8.52. The highest BCUT2D eigenvalue weighted by Gasteiger charge is 2.29. The Morgan fingerprint density at radius 1 is 1.13 bits per heavy atom. The summed E-state index contributed by atoms with van der Waals surface area (Å²) < 4.78 is 0. The van der Waals surface area contributed by atoms with E-state index in [1.54, 1.807) is 6.08 Å². The van der Waals surface area contributed by atoms with Crippen LogP contribution in [0.5, 0.6) is 0 Å². The Morgan fingerprint density at radius 2 is 1.89 bits per heavy atom. The predicted octanol–water partition coefficient (Wildman–Crippen LogP) is 5.08. The lowest BCUT2D eigenvalue weighted by molar-refractivity contribution is 0.0725. The molecule has 1 atom stereocenters. The van der Waals surface area contributed by atoms with Crippen LogP contribution in [0.4, 0.5) is 11.5 Å². The Morgan fingerprint density at radius 3 is 2.53 bits per heavy atom. The summed E-state index contributed by atoms with van der Waals surface area (Å²) in [6.07, 6.45) is 7.23. The van der Waals surface area contributed by atoms with E-state index < -0.39 is 0 Å². The van der Waals surface area contributed by atoms with Crippen molar-refractivity contribution in [3.8, 4) is 6.07 Å². The number of aromatic nitrogens is 1. The molecule has 2 saturated heterocycles. The van der Waals surface area contributed by atoms with Crippen LogP contribution in [0.3, 0.4) is 0 Å². The van der Waals surface area contributed by atoms with Crippen LogP contribution in [0.15, 0.2) is 73.1 Å². The number of piperidine rings is 1. The molecule has 2 aliphatic heterocycles. The van der Waals surface area contributed by atoms with Crippen molar-refractivity contribution in [1.29, 1.82) is 5.26 Å². The van der Waals surface area contributed by atoms with Gasteiger partial charge in [-0.05, 0) is 69.0 Å². The number of rotatable bonds is 7. The zero-order chi connectivity index (χ0) is 27.2. The molecule has 1 aromatic heterocycles. The molecule has 2 aliphatic rings. The van der Waals surface area contributed by atoms with Crippen molar-refractivity contribution in [3.05, 3.63) is 89.8 Å². The minimum atomic E-state index is 0.0853. The van der Waals surface area contributed by atoms with E-state index in [9.17, 15) is 10.1 Å². The fourth-order valence-electron chi connectivity index (χ4n) is 5.47. The SMILES string of the molecule is C=C/C=C(\C(=C)C#N)N1CCC(Nc2cc(C(=O)N3CCN(c4ccccn4)[C@H](C)C3)c(C)cc2C)CC1. The van der Waals surface area contributed by atoms with Crippen molar-refractivity contribution >= 4 is 17.4 Å². The minimum Gasteiger partial charge on any atom is -0.382 e. The van der Waals surface area contributed by atoms with Gasteiger partial charge in [0.2, 0.25) is 0 Å². The number of hydrogen-bond donors (Lipinski definition) is 1. The van der Waals surface area contributed by atoms with Crippen LogP contribution in [-0.4, -0.2) is 65.5 Å². The highest BCUT2D eigenvalue weighted by Crippen LogP contribution is 2.27.